The Balaban J connectivity index is 1.59. The number of aliphatic hydroxyl groups excluding tert-OH is 1. The van der Waals surface area contributed by atoms with Crippen molar-refractivity contribution < 1.29 is 19.4 Å². The highest BCUT2D eigenvalue weighted by Crippen LogP contribution is 2.31. The molecule has 0 aromatic heterocycles. The van der Waals surface area contributed by atoms with E-state index in [2.05, 4.69) is 5.32 Å². The number of aliphatic hydroxyl groups is 1. The van der Waals surface area contributed by atoms with E-state index in [4.69, 9.17) is 4.74 Å². The van der Waals surface area contributed by atoms with Crippen LogP contribution in [0.3, 0.4) is 0 Å². The number of nitrogens with one attached hydrogen (secondary N) is 1. The molecule has 2 amide bonds. The first-order valence-corrected chi connectivity index (χ1v) is 8.05. The van der Waals surface area contributed by atoms with Gasteiger partial charge in [-0.3, -0.25) is 9.69 Å². The molecule has 1 aromatic rings. The minimum atomic E-state index is -0.432. The van der Waals surface area contributed by atoms with Gasteiger partial charge < -0.3 is 15.2 Å². The third-order valence-electron chi connectivity index (χ3n) is 4.54. The largest absolute Gasteiger partial charge is 0.448 e. The van der Waals surface area contributed by atoms with Crippen LogP contribution in [-0.2, 0) is 16.0 Å². The molecule has 1 aliphatic heterocycles. The Bertz CT molecular complexity index is 557. The molecule has 1 saturated heterocycles. The number of benzene rings is 1. The van der Waals surface area contributed by atoms with E-state index >= 15 is 0 Å². The smallest absolute Gasteiger partial charge is 0.410 e. The maximum atomic E-state index is 12.2. The Morgan fingerprint density at radius 1 is 1.35 bits per heavy atom. The zero-order valence-corrected chi connectivity index (χ0v) is 13.0. The Hall–Kier alpha value is -2.08. The molecule has 3 rings (SSSR count). The highest BCUT2D eigenvalue weighted by atomic mass is 16.6. The van der Waals surface area contributed by atoms with Crippen molar-refractivity contribution in [3.63, 3.8) is 0 Å². The number of hydrogen-bond acceptors (Lipinski definition) is 4. The Kier molecular flexibility index (Phi) is 4.81. The molecule has 1 aromatic carbocycles. The van der Waals surface area contributed by atoms with Gasteiger partial charge in [-0.2, -0.15) is 0 Å². The Morgan fingerprint density at radius 3 is 2.70 bits per heavy atom. The zero-order valence-electron chi connectivity index (χ0n) is 13.0. The first kappa shape index (κ1) is 15.8. The lowest BCUT2D eigenvalue weighted by molar-refractivity contribution is -0.123. The minimum absolute atomic E-state index is 0.0214. The van der Waals surface area contributed by atoms with Crippen LogP contribution in [0.25, 0.3) is 0 Å². The summed E-state index contributed by atoms with van der Waals surface area (Å²) in [6.07, 6.45) is 1.46. The molecule has 0 radical (unpaired) electrons. The highest BCUT2D eigenvalue weighted by Gasteiger charge is 2.35. The van der Waals surface area contributed by atoms with Crippen LogP contribution in [0.2, 0.25) is 0 Å². The van der Waals surface area contributed by atoms with Gasteiger partial charge in [-0.05, 0) is 30.7 Å². The third-order valence-corrected chi connectivity index (χ3v) is 4.54. The average molecular weight is 318 g/mol. The van der Waals surface area contributed by atoms with Gasteiger partial charge in [-0.25, -0.2) is 4.79 Å². The first-order valence-electron chi connectivity index (χ1n) is 8.05. The first-order chi connectivity index (χ1) is 11.1. The van der Waals surface area contributed by atoms with Gasteiger partial charge >= 0.3 is 6.09 Å². The van der Waals surface area contributed by atoms with Crippen molar-refractivity contribution in [3.8, 4) is 0 Å². The molecule has 1 heterocycles. The molecule has 6 heteroatoms. The van der Waals surface area contributed by atoms with Crippen LogP contribution in [0.1, 0.15) is 18.4 Å². The molecule has 2 N–H and O–H groups in total. The van der Waals surface area contributed by atoms with Crippen LogP contribution in [0.5, 0.6) is 0 Å². The lowest BCUT2D eigenvalue weighted by Gasteiger charge is -2.38. The predicted octanol–water partition coefficient (Wildman–Crippen LogP) is 0.937. The molecular weight excluding hydrogens is 296 g/mol. The summed E-state index contributed by atoms with van der Waals surface area (Å²) in [5.41, 5.74) is 1.15. The summed E-state index contributed by atoms with van der Waals surface area (Å²) in [4.78, 5) is 25.1. The van der Waals surface area contributed by atoms with Crippen molar-refractivity contribution >= 4 is 12.0 Å². The summed E-state index contributed by atoms with van der Waals surface area (Å²) in [5, 5.41) is 12.6. The Morgan fingerprint density at radius 2 is 2.09 bits per heavy atom. The van der Waals surface area contributed by atoms with Crippen LogP contribution in [-0.4, -0.2) is 53.8 Å². The maximum absolute atomic E-state index is 12.2. The number of rotatable bonds is 6. The average Bonchev–Trinajstić information content (AvgIpc) is 2.89. The second kappa shape index (κ2) is 7.00. The van der Waals surface area contributed by atoms with Crippen LogP contribution < -0.4 is 5.32 Å². The molecule has 0 unspecified atom stereocenters. The van der Waals surface area contributed by atoms with Crippen LogP contribution >= 0.6 is 0 Å². The quantitative estimate of drug-likeness (QED) is 0.818. The number of hydrogen-bond donors (Lipinski definition) is 2. The van der Waals surface area contributed by atoms with Gasteiger partial charge in [0.25, 0.3) is 0 Å². The lowest BCUT2D eigenvalue weighted by Crippen LogP contribution is -2.50. The van der Waals surface area contributed by atoms with E-state index in [1.807, 2.05) is 30.3 Å². The molecule has 0 spiro atoms. The van der Waals surface area contributed by atoms with Crippen molar-refractivity contribution in [2.75, 3.05) is 19.7 Å². The summed E-state index contributed by atoms with van der Waals surface area (Å²) < 4.78 is 4.83. The number of amides is 2. The number of cyclic esters (lactones) is 1. The summed E-state index contributed by atoms with van der Waals surface area (Å²) >= 11 is 0. The third kappa shape index (κ3) is 4.01. The summed E-state index contributed by atoms with van der Waals surface area (Å²) in [5.74, 6) is 0.103. The van der Waals surface area contributed by atoms with Gasteiger partial charge in [0.15, 0.2) is 0 Å². The molecule has 0 bridgehead atoms. The van der Waals surface area contributed by atoms with E-state index in [1.165, 1.54) is 4.90 Å². The zero-order chi connectivity index (χ0) is 16.2. The van der Waals surface area contributed by atoms with Crippen molar-refractivity contribution in [2.24, 2.45) is 5.92 Å². The van der Waals surface area contributed by atoms with Crippen LogP contribution in [0, 0.1) is 5.92 Å². The van der Waals surface area contributed by atoms with Gasteiger partial charge in [0.05, 0.1) is 12.6 Å². The molecule has 1 aliphatic carbocycles. The topological polar surface area (TPSA) is 78.9 Å². The highest BCUT2D eigenvalue weighted by molar-refractivity contribution is 5.83. The van der Waals surface area contributed by atoms with Crippen molar-refractivity contribution in [3.05, 3.63) is 35.9 Å². The van der Waals surface area contributed by atoms with E-state index in [0.29, 0.717) is 26.0 Å². The standard InChI is InChI=1S/C17H22N2O4/c20-14-9-13(10-14)15(8-12-4-2-1-3-5-12)18-16(21)11-19-6-7-23-17(19)22/h1-5,13-15,20H,6-11H2,(H,18,21)/t13?,14?,15-/m0/s1. The van der Waals surface area contributed by atoms with Gasteiger partial charge in [0.2, 0.25) is 5.91 Å². The van der Waals surface area contributed by atoms with E-state index in [9.17, 15) is 14.7 Å². The molecule has 2 aliphatic rings. The fourth-order valence-electron chi connectivity index (χ4n) is 3.16. The molecule has 23 heavy (non-hydrogen) atoms. The molecule has 124 valence electrons. The number of carbonyl (C=O) groups excluding carboxylic acids is 2. The van der Waals surface area contributed by atoms with Gasteiger partial charge in [-0.15, -0.1) is 0 Å². The van der Waals surface area contributed by atoms with E-state index in [-0.39, 0.29) is 30.5 Å². The predicted molar refractivity (Wildman–Crippen MR) is 83.7 cm³/mol. The van der Waals surface area contributed by atoms with Crippen molar-refractivity contribution in [2.45, 2.75) is 31.4 Å². The van der Waals surface area contributed by atoms with Gasteiger partial charge in [0.1, 0.15) is 13.2 Å². The van der Waals surface area contributed by atoms with Gasteiger partial charge in [-0.1, -0.05) is 30.3 Å². The minimum Gasteiger partial charge on any atom is -0.448 e. The monoisotopic (exact) mass is 318 g/mol. The number of ether oxygens (including phenoxy) is 1. The number of nitrogens with zero attached hydrogens (tertiary/aromatic N) is 1. The normalized spacial score (nSPS) is 24.7. The van der Waals surface area contributed by atoms with Crippen LogP contribution in [0.15, 0.2) is 30.3 Å². The van der Waals surface area contributed by atoms with Crippen molar-refractivity contribution in [1.29, 1.82) is 0 Å². The second-order valence-corrected chi connectivity index (χ2v) is 6.28. The molecule has 1 saturated carbocycles. The molecule has 6 nitrogen and oxygen atoms in total. The SMILES string of the molecule is O=C(CN1CCOC1=O)N[C@@H](Cc1ccccc1)C1CC(O)C1. The summed E-state index contributed by atoms with van der Waals surface area (Å²) in [6, 6.07) is 9.96. The summed E-state index contributed by atoms with van der Waals surface area (Å²) in [6.45, 7) is 0.825. The van der Waals surface area contributed by atoms with E-state index < -0.39 is 6.09 Å². The fraction of sp³-hybridized carbons (Fsp3) is 0.529. The Labute approximate surface area is 135 Å². The number of carbonyl (C=O) groups is 2. The maximum Gasteiger partial charge on any atom is 0.410 e. The van der Waals surface area contributed by atoms with E-state index in [1.54, 1.807) is 0 Å². The fourth-order valence-corrected chi connectivity index (χ4v) is 3.16. The lowest BCUT2D eigenvalue weighted by atomic mass is 9.75. The molecular formula is C17H22N2O4. The van der Waals surface area contributed by atoms with Gasteiger partial charge in [0, 0.05) is 6.04 Å². The van der Waals surface area contributed by atoms with Crippen molar-refractivity contribution in [1.82, 2.24) is 10.2 Å². The molecule has 1 atom stereocenters. The van der Waals surface area contributed by atoms with Crippen LogP contribution in [0.4, 0.5) is 4.79 Å². The van der Waals surface area contributed by atoms with E-state index in [0.717, 1.165) is 12.0 Å². The second-order valence-electron chi connectivity index (χ2n) is 6.28. The molecule has 2 fully saturated rings. The summed E-state index contributed by atoms with van der Waals surface area (Å²) in [7, 11) is 0.